The second kappa shape index (κ2) is 11.2. The van der Waals surface area contributed by atoms with Crippen LogP contribution in [0.1, 0.15) is 42.4 Å². The average molecular weight is 623 g/mol. The Labute approximate surface area is 243 Å². The molecule has 5 rings (SSSR count). The van der Waals surface area contributed by atoms with Crippen LogP contribution in [0.2, 0.25) is 0 Å². The van der Waals surface area contributed by atoms with Gasteiger partial charge in [-0.1, -0.05) is 39.4 Å². The lowest BCUT2D eigenvalue weighted by Gasteiger charge is -2.24. The number of halogens is 1. The van der Waals surface area contributed by atoms with Crippen molar-refractivity contribution in [3.8, 4) is 5.69 Å². The quantitative estimate of drug-likeness (QED) is 0.205. The molecule has 9 heteroatoms. The molecule has 0 radical (unpaired) electrons. The smallest absolute Gasteiger partial charge is 0.338 e. The zero-order valence-electron chi connectivity index (χ0n) is 22.3. The van der Waals surface area contributed by atoms with Crippen molar-refractivity contribution in [2.75, 3.05) is 12.9 Å². The maximum atomic E-state index is 14.0. The summed E-state index contributed by atoms with van der Waals surface area (Å²) in [5.74, 6) is -0.454. The summed E-state index contributed by atoms with van der Waals surface area (Å²) in [6.45, 7) is 7.93. The number of allylic oxidation sites excluding steroid dienone is 1. The average Bonchev–Trinajstić information content (AvgIpc) is 3.38. The number of fused-ring (bicyclic) bond motifs is 1. The van der Waals surface area contributed by atoms with Gasteiger partial charge in [0.1, 0.15) is 0 Å². The van der Waals surface area contributed by atoms with Crippen molar-refractivity contribution in [1.29, 1.82) is 0 Å². The predicted octanol–water partition coefficient (Wildman–Crippen LogP) is 5.69. The number of hydrogen-bond donors (Lipinski definition) is 0. The standard InChI is InChI=1S/C30H28BrN3O3S2/c1-6-37-29(36)26-18(3)32-30-34(27(26)20-7-13-24(38-5)14-8-20)28(35)25(39-30)16-21-15-17(2)33(19(21)4)23-11-9-22(31)10-12-23/h7-16,27H,6H2,1-5H3/b25-16-/t27-/m1/s1. The number of benzene rings is 2. The van der Waals surface area contributed by atoms with E-state index in [1.807, 2.05) is 48.7 Å². The third-order valence-electron chi connectivity index (χ3n) is 6.79. The normalized spacial score (nSPS) is 15.3. The van der Waals surface area contributed by atoms with Gasteiger partial charge < -0.3 is 9.30 Å². The number of hydrogen-bond acceptors (Lipinski definition) is 6. The number of aromatic nitrogens is 2. The minimum Gasteiger partial charge on any atom is -0.463 e. The molecule has 1 aliphatic heterocycles. The van der Waals surface area contributed by atoms with Gasteiger partial charge in [0, 0.05) is 26.4 Å². The van der Waals surface area contributed by atoms with Crippen molar-refractivity contribution in [3.63, 3.8) is 0 Å². The first kappa shape index (κ1) is 27.4. The van der Waals surface area contributed by atoms with Gasteiger partial charge in [-0.05, 0) is 93.6 Å². The van der Waals surface area contributed by atoms with E-state index in [4.69, 9.17) is 9.73 Å². The summed E-state index contributed by atoms with van der Waals surface area (Å²) in [6.07, 6.45) is 3.94. The number of ether oxygens (including phenoxy) is 1. The highest BCUT2D eigenvalue weighted by molar-refractivity contribution is 9.10. The molecule has 0 spiro atoms. The van der Waals surface area contributed by atoms with Gasteiger partial charge in [-0.2, -0.15) is 0 Å². The second-order valence-electron chi connectivity index (χ2n) is 9.21. The fourth-order valence-corrected chi connectivity index (χ4v) is 6.67. The summed E-state index contributed by atoms with van der Waals surface area (Å²) >= 11 is 6.48. The van der Waals surface area contributed by atoms with E-state index in [1.165, 1.54) is 11.3 Å². The van der Waals surface area contributed by atoms with E-state index in [0.717, 1.165) is 37.6 Å². The molecule has 0 N–H and O–H groups in total. The molecule has 0 saturated heterocycles. The van der Waals surface area contributed by atoms with Gasteiger partial charge in [0.05, 0.1) is 28.5 Å². The summed E-state index contributed by atoms with van der Waals surface area (Å²) in [5.41, 5.74) is 5.73. The van der Waals surface area contributed by atoms with E-state index >= 15 is 0 Å². The van der Waals surface area contributed by atoms with Crippen LogP contribution in [0.3, 0.4) is 0 Å². The maximum Gasteiger partial charge on any atom is 0.338 e. The number of carbonyl (C=O) groups is 1. The number of thioether (sulfide) groups is 1. The molecule has 0 amide bonds. The van der Waals surface area contributed by atoms with E-state index < -0.39 is 12.0 Å². The Kier molecular flexibility index (Phi) is 7.84. The van der Waals surface area contributed by atoms with Crippen molar-refractivity contribution in [1.82, 2.24) is 9.13 Å². The number of nitrogens with zero attached hydrogens (tertiary/aromatic N) is 3. The van der Waals surface area contributed by atoms with Gasteiger partial charge >= 0.3 is 5.97 Å². The number of rotatable bonds is 6. The Bertz CT molecular complexity index is 1780. The van der Waals surface area contributed by atoms with Crippen LogP contribution in [0.5, 0.6) is 0 Å². The lowest BCUT2D eigenvalue weighted by Crippen LogP contribution is -2.39. The van der Waals surface area contributed by atoms with Crippen molar-refractivity contribution in [2.24, 2.45) is 4.99 Å². The van der Waals surface area contributed by atoms with Crippen molar-refractivity contribution < 1.29 is 9.53 Å². The molecule has 0 saturated carbocycles. The lowest BCUT2D eigenvalue weighted by atomic mass is 9.96. The van der Waals surface area contributed by atoms with Gasteiger partial charge in [-0.15, -0.1) is 11.8 Å². The maximum absolute atomic E-state index is 14.0. The Balaban J connectivity index is 1.68. The van der Waals surface area contributed by atoms with Crippen molar-refractivity contribution in [2.45, 2.75) is 38.6 Å². The van der Waals surface area contributed by atoms with Gasteiger partial charge in [-0.25, -0.2) is 9.79 Å². The van der Waals surface area contributed by atoms with E-state index in [2.05, 4.69) is 52.5 Å². The molecule has 0 fully saturated rings. The van der Waals surface area contributed by atoms with Crippen molar-refractivity contribution >= 4 is 51.1 Å². The fourth-order valence-electron chi connectivity index (χ4n) is 4.96. The number of esters is 1. The highest BCUT2D eigenvalue weighted by atomic mass is 79.9. The van der Waals surface area contributed by atoms with Crippen LogP contribution in [-0.4, -0.2) is 28.0 Å². The van der Waals surface area contributed by atoms with Gasteiger partial charge in [0.2, 0.25) is 0 Å². The molecular formula is C30H28BrN3O3S2. The zero-order chi connectivity index (χ0) is 27.8. The number of carbonyl (C=O) groups excluding carboxylic acids is 1. The molecule has 2 aromatic carbocycles. The van der Waals surface area contributed by atoms with Crippen LogP contribution in [0.4, 0.5) is 0 Å². The third kappa shape index (κ3) is 5.11. The van der Waals surface area contributed by atoms with Gasteiger partial charge in [0.25, 0.3) is 5.56 Å². The fraction of sp³-hybridized carbons (Fsp3) is 0.233. The van der Waals surface area contributed by atoms with E-state index in [0.29, 0.717) is 20.6 Å². The molecule has 0 bridgehead atoms. The first-order valence-electron chi connectivity index (χ1n) is 12.5. The summed E-state index contributed by atoms with van der Waals surface area (Å²) in [5, 5.41) is 0. The van der Waals surface area contributed by atoms with Crippen LogP contribution in [0, 0.1) is 13.8 Å². The van der Waals surface area contributed by atoms with Crippen LogP contribution >= 0.6 is 39.0 Å². The van der Waals surface area contributed by atoms with Crippen LogP contribution in [0.25, 0.3) is 11.8 Å². The summed E-state index contributed by atoms with van der Waals surface area (Å²) < 4.78 is 10.8. The third-order valence-corrected chi connectivity index (χ3v) is 9.05. The summed E-state index contributed by atoms with van der Waals surface area (Å²) in [4.78, 5) is 33.4. The number of aryl methyl sites for hydroxylation is 1. The molecule has 39 heavy (non-hydrogen) atoms. The molecule has 2 aromatic heterocycles. The van der Waals surface area contributed by atoms with E-state index in [9.17, 15) is 9.59 Å². The van der Waals surface area contributed by atoms with Crippen LogP contribution in [0.15, 0.2) is 85.0 Å². The SMILES string of the molecule is CCOC(=O)C1=C(C)N=c2s/c(=C\c3cc(C)n(-c4ccc(Br)cc4)c3C)c(=O)n2[C@@H]1c1ccc(SC)cc1. The number of thiazole rings is 1. The Morgan fingerprint density at radius 2 is 1.82 bits per heavy atom. The topological polar surface area (TPSA) is 65.6 Å². The molecule has 6 nitrogen and oxygen atoms in total. The molecule has 3 heterocycles. The molecule has 1 aliphatic rings. The molecular weight excluding hydrogens is 594 g/mol. The highest BCUT2D eigenvalue weighted by Gasteiger charge is 2.33. The highest BCUT2D eigenvalue weighted by Crippen LogP contribution is 2.32. The lowest BCUT2D eigenvalue weighted by molar-refractivity contribution is -0.139. The largest absolute Gasteiger partial charge is 0.463 e. The first-order chi connectivity index (χ1) is 18.7. The predicted molar refractivity (Wildman–Crippen MR) is 162 cm³/mol. The molecule has 1 atom stereocenters. The monoisotopic (exact) mass is 621 g/mol. The van der Waals surface area contributed by atoms with Crippen LogP contribution in [-0.2, 0) is 9.53 Å². The summed E-state index contributed by atoms with van der Waals surface area (Å²) in [6, 6.07) is 17.6. The van der Waals surface area contributed by atoms with Gasteiger partial charge in [0.15, 0.2) is 4.80 Å². The minimum atomic E-state index is -0.617. The Morgan fingerprint density at radius 3 is 2.46 bits per heavy atom. The van der Waals surface area contributed by atoms with E-state index in [-0.39, 0.29) is 12.2 Å². The van der Waals surface area contributed by atoms with E-state index in [1.54, 1.807) is 30.2 Å². The summed E-state index contributed by atoms with van der Waals surface area (Å²) in [7, 11) is 0. The second-order valence-corrected chi connectivity index (χ2v) is 12.0. The zero-order valence-corrected chi connectivity index (χ0v) is 25.5. The minimum absolute atomic E-state index is 0.180. The first-order valence-corrected chi connectivity index (χ1v) is 15.4. The molecule has 0 aliphatic carbocycles. The molecule has 0 unspecified atom stereocenters. The van der Waals surface area contributed by atoms with Crippen molar-refractivity contribution in [3.05, 3.63) is 113 Å². The molecule has 200 valence electrons. The Hall–Kier alpha value is -3.14. The van der Waals surface area contributed by atoms with Crippen LogP contribution < -0.4 is 14.9 Å². The Morgan fingerprint density at radius 1 is 1.13 bits per heavy atom. The van der Waals surface area contributed by atoms with Gasteiger partial charge in [-0.3, -0.25) is 9.36 Å². The molecule has 4 aromatic rings.